The minimum absolute atomic E-state index is 0.111. The van der Waals surface area contributed by atoms with E-state index in [1.165, 1.54) is 20.1 Å². The molecule has 0 spiro atoms. The van der Waals surface area contributed by atoms with Crippen LogP contribution in [0.25, 0.3) is 0 Å². The van der Waals surface area contributed by atoms with Crippen LogP contribution in [-0.2, 0) is 4.74 Å². The van der Waals surface area contributed by atoms with E-state index in [-0.39, 0.29) is 11.4 Å². The molecule has 0 amide bonds. The van der Waals surface area contributed by atoms with Gasteiger partial charge in [-0.25, -0.2) is 9.48 Å². The quantitative estimate of drug-likeness (QED) is 0.661. The maximum atomic E-state index is 12.2. The summed E-state index contributed by atoms with van der Waals surface area (Å²) in [6, 6.07) is 1.25. The second-order valence-corrected chi connectivity index (χ2v) is 2.38. The summed E-state index contributed by atoms with van der Waals surface area (Å²) in [6.07, 6.45) is 0. The maximum absolute atomic E-state index is 12.2. The van der Waals surface area contributed by atoms with E-state index in [1.54, 1.807) is 0 Å². The van der Waals surface area contributed by atoms with Crippen molar-refractivity contribution in [1.82, 2.24) is 9.78 Å². The fraction of sp³-hybridized carbons (Fsp3) is 0.429. The van der Waals surface area contributed by atoms with Crippen LogP contribution in [0.2, 0.25) is 0 Å². The number of hydrogen-bond acceptors (Lipinski definition) is 3. The smallest absolute Gasteiger partial charge is 0.358 e. The number of methoxy groups -OCH3 is 1. The van der Waals surface area contributed by atoms with Crippen molar-refractivity contribution in [2.24, 2.45) is 0 Å². The zero-order valence-corrected chi connectivity index (χ0v) is 7.12. The topological polar surface area (TPSA) is 44.1 Å². The minimum Gasteiger partial charge on any atom is -0.464 e. The first kappa shape index (κ1) is 9.63. The monoisotopic (exact) mass is 190 g/mol. The number of alkyl halides is 2. The molecule has 1 rings (SSSR count). The Morgan fingerprint density at radius 3 is 2.69 bits per heavy atom. The molecule has 1 aromatic rings. The third-order valence-corrected chi connectivity index (χ3v) is 1.50. The van der Waals surface area contributed by atoms with Crippen molar-refractivity contribution in [2.45, 2.75) is 13.5 Å². The Kier molecular flexibility index (Phi) is 2.60. The van der Waals surface area contributed by atoms with Gasteiger partial charge in [0.2, 0.25) is 0 Å². The molecule has 0 aliphatic carbocycles. The minimum atomic E-state index is -2.74. The van der Waals surface area contributed by atoms with Gasteiger partial charge in [0.15, 0.2) is 5.69 Å². The fourth-order valence-electron chi connectivity index (χ4n) is 0.890. The number of nitrogens with zero attached hydrogens (tertiary/aromatic N) is 2. The number of ether oxygens (including phenoxy) is 1. The van der Waals surface area contributed by atoms with E-state index >= 15 is 0 Å². The summed E-state index contributed by atoms with van der Waals surface area (Å²) in [5, 5.41) is 3.37. The van der Waals surface area contributed by atoms with Gasteiger partial charge < -0.3 is 4.74 Å². The maximum Gasteiger partial charge on any atom is 0.358 e. The third kappa shape index (κ3) is 1.82. The average Bonchev–Trinajstić information content (AvgIpc) is 2.46. The molecule has 0 saturated carbocycles. The standard InChI is InChI=1S/C7H8F2N2O2/c1-4-3-5(6(12)13-2)10-11(4)7(8)9/h3,7H,1-2H3. The first-order valence-corrected chi connectivity index (χ1v) is 3.49. The molecule has 0 aliphatic heterocycles. The molecule has 0 aromatic carbocycles. The lowest BCUT2D eigenvalue weighted by Gasteiger charge is -1.99. The number of rotatable bonds is 2. The highest BCUT2D eigenvalue weighted by atomic mass is 19.3. The molecule has 1 heterocycles. The lowest BCUT2D eigenvalue weighted by Crippen LogP contribution is -2.06. The van der Waals surface area contributed by atoms with Crippen LogP contribution >= 0.6 is 0 Å². The molecule has 13 heavy (non-hydrogen) atoms. The Morgan fingerprint density at radius 1 is 1.69 bits per heavy atom. The van der Waals surface area contributed by atoms with Crippen LogP contribution in [0.15, 0.2) is 6.07 Å². The molecule has 0 fully saturated rings. The summed E-state index contributed by atoms with van der Waals surface area (Å²) < 4.78 is 29.1. The first-order valence-electron chi connectivity index (χ1n) is 3.49. The highest BCUT2D eigenvalue weighted by molar-refractivity contribution is 5.87. The summed E-state index contributed by atoms with van der Waals surface area (Å²) in [6.45, 7) is -1.30. The van der Waals surface area contributed by atoms with E-state index in [1.807, 2.05) is 0 Å². The van der Waals surface area contributed by atoms with Gasteiger partial charge in [-0.3, -0.25) is 0 Å². The normalized spacial score (nSPS) is 10.5. The zero-order valence-electron chi connectivity index (χ0n) is 7.12. The number of esters is 1. The molecule has 0 bridgehead atoms. The van der Waals surface area contributed by atoms with Crippen molar-refractivity contribution in [2.75, 3.05) is 7.11 Å². The summed E-state index contributed by atoms with van der Waals surface area (Å²) in [4.78, 5) is 10.9. The lowest BCUT2D eigenvalue weighted by atomic mass is 10.4. The van der Waals surface area contributed by atoms with Crippen LogP contribution in [0.3, 0.4) is 0 Å². The van der Waals surface area contributed by atoms with E-state index in [9.17, 15) is 13.6 Å². The molecule has 0 atom stereocenters. The first-order chi connectivity index (χ1) is 6.06. The Labute approximate surface area is 73.1 Å². The molecule has 1 aromatic heterocycles. The van der Waals surface area contributed by atoms with Crippen LogP contribution in [0, 0.1) is 6.92 Å². The van der Waals surface area contributed by atoms with Crippen LogP contribution in [0.4, 0.5) is 8.78 Å². The number of aryl methyl sites for hydroxylation is 1. The predicted octanol–water partition coefficient (Wildman–Crippen LogP) is 1.37. The summed E-state index contributed by atoms with van der Waals surface area (Å²) in [5.41, 5.74) is 0.107. The molecule has 0 saturated heterocycles. The molecule has 6 heteroatoms. The van der Waals surface area contributed by atoms with Crippen LogP contribution < -0.4 is 0 Å². The van der Waals surface area contributed by atoms with E-state index in [4.69, 9.17) is 0 Å². The fourth-order valence-corrected chi connectivity index (χ4v) is 0.890. The van der Waals surface area contributed by atoms with Crippen molar-refractivity contribution in [3.8, 4) is 0 Å². The Hall–Kier alpha value is -1.46. The largest absolute Gasteiger partial charge is 0.464 e. The van der Waals surface area contributed by atoms with Gasteiger partial charge in [-0.1, -0.05) is 0 Å². The molecule has 0 unspecified atom stereocenters. The lowest BCUT2D eigenvalue weighted by molar-refractivity contribution is 0.0507. The molecule has 4 nitrogen and oxygen atoms in total. The number of carbonyl (C=O) groups excluding carboxylic acids is 1. The zero-order chi connectivity index (χ0) is 10.0. The number of hydrogen-bond donors (Lipinski definition) is 0. The van der Waals surface area contributed by atoms with E-state index in [2.05, 4.69) is 9.84 Å². The van der Waals surface area contributed by atoms with Gasteiger partial charge in [-0.15, -0.1) is 0 Å². The van der Waals surface area contributed by atoms with Gasteiger partial charge in [-0.2, -0.15) is 13.9 Å². The SMILES string of the molecule is COC(=O)c1cc(C)n(C(F)F)n1. The average molecular weight is 190 g/mol. The van der Waals surface area contributed by atoms with Gasteiger partial charge in [0.25, 0.3) is 0 Å². The van der Waals surface area contributed by atoms with Crippen molar-refractivity contribution in [3.63, 3.8) is 0 Å². The number of halogens is 2. The Balaban J connectivity index is 3.02. The van der Waals surface area contributed by atoms with Crippen LogP contribution in [0.5, 0.6) is 0 Å². The highest BCUT2D eigenvalue weighted by Crippen LogP contribution is 2.13. The molecule has 0 N–H and O–H groups in total. The van der Waals surface area contributed by atoms with Crippen molar-refractivity contribution >= 4 is 5.97 Å². The van der Waals surface area contributed by atoms with Crippen molar-refractivity contribution < 1.29 is 18.3 Å². The highest BCUT2D eigenvalue weighted by Gasteiger charge is 2.16. The van der Waals surface area contributed by atoms with Gasteiger partial charge in [-0.05, 0) is 13.0 Å². The predicted molar refractivity (Wildman–Crippen MR) is 39.6 cm³/mol. The molecule has 0 aliphatic rings. The molecular weight excluding hydrogens is 182 g/mol. The molecule has 72 valence electrons. The van der Waals surface area contributed by atoms with E-state index < -0.39 is 12.5 Å². The Bertz CT molecular complexity index is 322. The Morgan fingerprint density at radius 2 is 2.31 bits per heavy atom. The van der Waals surface area contributed by atoms with E-state index in [0.29, 0.717) is 4.68 Å². The van der Waals surface area contributed by atoms with Gasteiger partial charge in [0.05, 0.1) is 7.11 Å². The third-order valence-electron chi connectivity index (χ3n) is 1.50. The second kappa shape index (κ2) is 3.51. The number of carbonyl (C=O) groups is 1. The van der Waals surface area contributed by atoms with Crippen LogP contribution in [0.1, 0.15) is 22.7 Å². The van der Waals surface area contributed by atoms with Crippen molar-refractivity contribution in [3.05, 3.63) is 17.5 Å². The summed E-state index contributed by atoms with van der Waals surface area (Å²) in [5.74, 6) is -0.720. The van der Waals surface area contributed by atoms with Crippen molar-refractivity contribution in [1.29, 1.82) is 0 Å². The van der Waals surface area contributed by atoms with Crippen LogP contribution in [-0.4, -0.2) is 22.9 Å². The van der Waals surface area contributed by atoms with Gasteiger partial charge in [0, 0.05) is 5.69 Å². The number of aromatic nitrogens is 2. The van der Waals surface area contributed by atoms with E-state index in [0.717, 1.165) is 0 Å². The summed E-state index contributed by atoms with van der Waals surface area (Å²) >= 11 is 0. The van der Waals surface area contributed by atoms with Gasteiger partial charge in [0.1, 0.15) is 0 Å². The molecule has 0 radical (unpaired) electrons. The summed E-state index contributed by atoms with van der Waals surface area (Å²) in [7, 11) is 1.17. The molecular formula is C7H8F2N2O2. The van der Waals surface area contributed by atoms with Gasteiger partial charge >= 0.3 is 12.5 Å². The second-order valence-electron chi connectivity index (χ2n) is 2.38.